The van der Waals surface area contributed by atoms with Crippen molar-refractivity contribution in [3.8, 4) is 5.75 Å². The molecule has 0 aliphatic heterocycles. The Balaban J connectivity index is 2.10. The van der Waals surface area contributed by atoms with Crippen molar-refractivity contribution in [2.75, 3.05) is 11.9 Å². The van der Waals surface area contributed by atoms with Gasteiger partial charge in [0, 0.05) is 6.54 Å². The minimum absolute atomic E-state index is 0.376. The lowest BCUT2D eigenvalue weighted by molar-refractivity contribution is 0.0701. The molecule has 2 N–H and O–H groups in total. The normalized spacial score (nSPS) is 10.2. The number of para-hydroxylation sites is 2. The first-order valence-electron chi connectivity index (χ1n) is 5.97. The Bertz CT molecular complexity index is 565. The van der Waals surface area contributed by atoms with Gasteiger partial charge in [-0.15, -0.1) is 11.3 Å². The van der Waals surface area contributed by atoms with Crippen molar-refractivity contribution in [3.05, 3.63) is 46.2 Å². The molecule has 0 atom stereocenters. The van der Waals surface area contributed by atoms with Crippen molar-refractivity contribution in [2.24, 2.45) is 0 Å². The van der Waals surface area contributed by atoms with Crippen molar-refractivity contribution in [3.63, 3.8) is 0 Å². The Hall–Kier alpha value is -2.01. The highest BCUT2D eigenvalue weighted by Crippen LogP contribution is 2.25. The topological polar surface area (TPSA) is 58.6 Å². The van der Waals surface area contributed by atoms with E-state index in [2.05, 4.69) is 5.32 Å². The van der Waals surface area contributed by atoms with Crippen molar-refractivity contribution < 1.29 is 14.6 Å². The van der Waals surface area contributed by atoms with Crippen LogP contribution in [-0.4, -0.2) is 17.7 Å². The number of hydrogen-bond acceptors (Lipinski definition) is 4. The predicted molar refractivity (Wildman–Crippen MR) is 76.2 cm³/mol. The second-order valence-corrected chi connectivity index (χ2v) is 4.78. The zero-order valence-electron chi connectivity index (χ0n) is 10.6. The third-order valence-corrected chi connectivity index (χ3v) is 3.54. The van der Waals surface area contributed by atoms with Crippen molar-refractivity contribution in [2.45, 2.75) is 13.5 Å². The molecular formula is C14H15NO3S. The fraction of sp³-hybridized carbons (Fsp3) is 0.214. The molecule has 0 saturated heterocycles. The largest absolute Gasteiger partial charge is 0.492 e. The van der Waals surface area contributed by atoms with Gasteiger partial charge in [-0.1, -0.05) is 12.1 Å². The maximum atomic E-state index is 11.0. The molecule has 0 bridgehead atoms. The average Bonchev–Trinajstić information content (AvgIpc) is 2.86. The molecule has 0 aliphatic rings. The van der Waals surface area contributed by atoms with Gasteiger partial charge in [-0.2, -0.15) is 0 Å². The van der Waals surface area contributed by atoms with Crippen LogP contribution < -0.4 is 10.1 Å². The van der Waals surface area contributed by atoms with Gasteiger partial charge < -0.3 is 15.2 Å². The van der Waals surface area contributed by atoms with Crippen LogP contribution >= 0.6 is 11.3 Å². The summed E-state index contributed by atoms with van der Waals surface area (Å²) in [6, 6.07) is 9.44. The van der Waals surface area contributed by atoms with Crippen molar-refractivity contribution in [1.82, 2.24) is 0 Å². The monoisotopic (exact) mass is 277 g/mol. The first-order valence-corrected chi connectivity index (χ1v) is 6.85. The molecule has 1 aromatic carbocycles. The van der Waals surface area contributed by atoms with Gasteiger partial charge in [0.05, 0.1) is 12.3 Å². The molecule has 0 radical (unpaired) electrons. The van der Waals surface area contributed by atoms with Gasteiger partial charge in [0.25, 0.3) is 0 Å². The zero-order chi connectivity index (χ0) is 13.7. The van der Waals surface area contributed by atoms with Gasteiger partial charge in [-0.05, 0) is 36.1 Å². The van der Waals surface area contributed by atoms with Crippen LogP contribution in [-0.2, 0) is 6.54 Å². The van der Waals surface area contributed by atoms with Gasteiger partial charge in [0.1, 0.15) is 10.6 Å². The molecule has 0 saturated carbocycles. The number of carboxylic acids is 1. The van der Waals surface area contributed by atoms with Crippen LogP contribution in [0.5, 0.6) is 5.75 Å². The number of rotatable bonds is 6. The Kier molecular flexibility index (Phi) is 4.41. The fourth-order valence-corrected chi connectivity index (χ4v) is 2.51. The Morgan fingerprint density at radius 1 is 1.37 bits per heavy atom. The summed E-state index contributed by atoms with van der Waals surface area (Å²) in [5, 5.41) is 14.0. The van der Waals surface area contributed by atoms with Crippen molar-refractivity contribution in [1.29, 1.82) is 0 Å². The molecule has 2 rings (SSSR count). The SMILES string of the molecule is CCOc1ccccc1NCc1ccsc1C(=O)O. The Labute approximate surface area is 115 Å². The molecule has 5 heteroatoms. The molecular weight excluding hydrogens is 262 g/mol. The number of carbonyl (C=O) groups is 1. The highest BCUT2D eigenvalue weighted by atomic mass is 32.1. The number of carboxylic acid groups (broad SMARTS) is 1. The summed E-state index contributed by atoms with van der Waals surface area (Å²) >= 11 is 1.24. The van der Waals surface area contributed by atoms with Crippen LogP contribution in [0.3, 0.4) is 0 Å². The van der Waals surface area contributed by atoms with E-state index in [1.807, 2.05) is 37.3 Å². The van der Waals surface area contributed by atoms with E-state index in [-0.39, 0.29) is 0 Å². The van der Waals surface area contributed by atoms with Gasteiger partial charge in [0.2, 0.25) is 0 Å². The smallest absolute Gasteiger partial charge is 0.346 e. The molecule has 19 heavy (non-hydrogen) atoms. The molecule has 1 heterocycles. The summed E-state index contributed by atoms with van der Waals surface area (Å²) in [6.07, 6.45) is 0. The molecule has 0 aliphatic carbocycles. The van der Waals surface area contributed by atoms with E-state index >= 15 is 0 Å². The number of anilines is 1. The number of thiophene rings is 1. The van der Waals surface area contributed by atoms with E-state index in [1.54, 1.807) is 5.38 Å². The lowest BCUT2D eigenvalue weighted by Crippen LogP contribution is -2.05. The molecule has 2 aromatic rings. The van der Waals surface area contributed by atoms with E-state index in [4.69, 9.17) is 9.84 Å². The molecule has 100 valence electrons. The van der Waals surface area contributed by atoms with Crippen LogP contribution in [0.4, 0.5) is 5.69 Å². The second-order valence-electron chi connectivity index (χ2n) is 3.86. The number of hydrogen-bond donors (Lipinski definition) is 2. The first-order chi connectivity index (χ1) is 9.22. The predicted octanol–water partition coefficient (Wildman–Crippen LogP) is 3.46. The van der Waals surface area contributed by atoms with Gasteiger partial charge in [-0.25, -0.2) is 4.79 Å². The third kappa shape index (κ3) is 3.26. The Morgan fingerprint density at radius 3 is 2.89 bits per heavy atom. The molecule has 1 aromatic heterocycles. The van der Waals surface area contributed by atoms with Crippen LogP contribution in [0.2, 0.25) is 0 Å². The number of ether oxygens (including phenoxy) is 1. The third-order valence-electron chi connectivity index (χ3n) is 2.60. The fourth-order valence-electron chi connectivity index (χ4n) is 1.75. The summed E-state index contributed by atoms with van der Waals surface area (Å²) < 4.78 is 5.51. The summed E-state index contributed by atoms with van der Waals surface area (Å²) in [4.78, 5) is 11.4. The molecule has 0 unspecified atom stereocenters. The zero-order valence-corrected chi connectivity index (χ0v) is 11.4. The highest BCUT2D eigenvalue weighted by molar-refractivity contribution is 7.12. The van der Waals surface area contributed by atoms with Crippen LogP contribution in [0.15, 0.2) is 35.7 Å². The Morgan fingerprint density at radius 2 is 2.16 bits per heavy atom. The molecule has 0 fully saturated rings. The lowest BCUT2D eigenvalue weighted by atomic mass is 10.2. The van der Waals surface area contributed by atoms with Crippen LogP contribution in [0, 0.1) is 0 Å². The van der Waals surface area contributed by atoms with E-state index in [1.165, 1.54) is 11.3 Å². The summed E-state index contributed by atoms with van der Waals surface area (Å²) in [6.45, 7) is 2.99. The van der Waals surface area contributed by atoms with Gasteiger partial charge >= 0.3 is 5.97 Å². The van der Waals surface area contributed by atoms with E-state index < -0.39 is 5.97 Å². The van der Waals surface area contributed by atoms with Crippen LogP contribution in [0.25, 0.3) is 0 Å². The first kappa shape index (κ1) is 13.4. The minimum Gasteiger partial charge on any atom is -0.492 e. The van der Waals surface area contributed by atoms with E-state index in [9.17, 15) is 4.79 Å². The molecule has 0 spiro atoms. The summed E-state index contributed by atoms with van der Waals surface area (Å²) in [7, 11) is 0. The van der Waals surface area contributed by atoms with Crippen molar-refractivity contribution >= 4 is 23.0 Å². The lowest BCUT2D eigenvalue weighted by Gasteiger charge is -2.11. The molecule has 4 nitrogen and oxygen atoms in total. The standard InChI is InChI=1S/C14H15NO3S/c1-2-18-12-6-4-3-5-11(12)15-9-10-7-8-19-13(10)14(16)17/h3-8,15H,2,9H2,1H3,(H,16,17). The van der Waals surface area contributed by atoms with Crippen LogP contribution in [0.1, 0.15) is 22.2 Å². The molecule has 0 amide bonds. The maximum Gasteiger partial charge on any atom is 0.346 e. The summed E-state index contributed by atoms with van der Waals surface area (Å²) in [5.74, 6) is -0.109. The number of nitrogens with one attached hydrogen (secondary N) is 1. The van der Waals surface area contributed by atoms with E-state index in [0.717, 1.165) is 17.0 Å². The number of benzene rings is 1. The average molecular weight is 277 g/mol. The number of aromatic carboxylic acids is 1. The minimum atomic E-state index is -0.884. The van der Waals surface area contributed by atoms with E-state index in [0.29, 0.717) is 18.0 Å². The van der Waals surface area contributed by atoms with Gasteiger partial charge in [-0.3, -0.25) is 0 Å². The quantitative estimate of drug-likeness (QED) is 0.849. The highest BCUT2D eigenvalue weighted by Gasteiger charge is 2.11. The van der Waals surface area contributed by atoms with Gasteiger partial charge in [0.15, 0.2) is 0 Å². The second kappa shape index (κ2) is 6.24. The maximum absolute atomic E-state index is 11.0. The summed E-state index contributed by atoms with van der Waals surface area (Å²) in [5.41, 5.74) is 1.65.